The molecule has 0 amide bonds. The number of benzene rings is 2. The van der Waals surface area contributed by atoms with E-state index >= 15 is 0 Å². The molecule has 8 nitrogen and oxygen atoms in total. The molecule has 0 fully saturated rings. The monoisotopic (exact) mass is 564 g/mol. The second-order valence-corrected chi connectivity index (χ2v) is 10.4. The molecular weight excluding hydrogens is 533 g/mol. The summed E-state index contributed by atoms with van der Waals surface area (Å²) >= 11 is 0. The highest BCUT2D eigenvalue weighted by Gasteiger charge is 2.33. The molecule has 0 saturated carbocycles. The van der Waals surface area contributed by atoms with Gasteiger partial charge in [0.1, 0.15) is 23.9 Å². The Balaban J connectivity index is 1.48. The number of fused-ring (bicyclic) bond motifs is 1. The molecule has 0 spiro atoms. The van der Waals surface area contributed by atoms with Crippen LogP contribution < -0.4 is 15.8 Å². The maximum absolute atomic E-state index is 13.7. The number of rotatable bonds is 8. The number of nitrogen functional groups attached to an aromatic ring is 1. The number of anilines is 2. The highest BCUT2D eigenvalue weighted by atomic mass is 19.4. The Morgan fingerprint density at radius 1 is 1.10 bits per heavy atom. The second kappa shape index (κ2) is 11.7. The first-order chi connectivity index (χ1) is 19.6. The molecule has 2 unspecified atom stereocenters. The number of nitrogens with one attached hydrogen (secondary N) is 1. The number of nitrogens with two attached hydrogens (primary N) is 1. The van der Waals surface area contributed by atoms with E-state index in [0.717, 1.165) is 24.1 Å². The summed E-state index contributed by atoms with van der Waals surface area (Å²) in [5.74, 6) is 1.26. The molecule has 4 aromatic rings. The first-order valence-electron chi connectivity index (χ1n) is 13.3. The van der Waals surface area contributed by atoms with Crippen molar-refractivity contribution in [3.8, 4) is 22.9 Å². The van der Waals surface area contributed by atoms with Crippen molar-refractivity contribution in [2.45, 2.75) is 38.7 Å². The Bertz CT molecular complexity index is 1560. The van der Waals surface area contributed by atoms with Gasteiger partial charge in [-0.15, -0.1) is 0 Å². The summed E-state index contributed by atoms with van der Waals surface area (Å²) in [6.45, 7) is 5.55. The van der Waals surface area contributed by atoms with E-state index in [2.05, 4.69) is 39.0 Å². The molecule has 0 aliphatic carbocycles. The topological polar surface area (TPSA) is 109 Å². The number of aliphatic hydroxyl groups excluding tert-OH is 1. The highest BCUT2D eigenvalue weighted by molar-refractivity contribution is 5.86. The zero-order chi connectivity index (χ0) is 29.1. The first-order valence-corrected chi connectivity index (χ1v) is 13.3. The normalized spacial score (nSPS) is 16.7. The quantitative estimate of drug-likeness (QED) is 0.174. The number of hydrogen-bond donors (Lipinski definition) is 3. The average Bonchev–Trinajstić information content (AvgIpc) is 2.93. The van der Waals surface area contributed by atoms with E-state index < -0.39 is 18.0 Å². The molecule has 0 saturated heterocycles. The number of nitrogens with zero attached hydrogens (tertiary/aromatic N) is 4. The number of halogens is 3. The van der Waals surface area contributed by atoms with Crippen LogP contribution in [0.4, 0.5) is 24.7 Å². The van der Waals surface area contributed by atoms with Crippen LogP contribution in [0.2, 0.25) is 0 Å². The maximum Gasteiger partial charge on any atom is 0.416 e. The minimum atomic E-state index is -4.57. The third-order valence-corrected chi connectivity index (χ3v) is 6.80. The third kappa shape index (κ3) is 6.58. The number of alkyl halides is 3. The van der Waals surface area contributed by atoms with Crippen molar-refractivity contribution >= 4 is 22.4 Å². The molecular formula is C30H31F3N6O2. The van der Waals surface area contributed by atoms with Gasteiger partial charge >= 0.3 is 6.18 Å². The molecule has 1 aliphatic heterocycles. The summed E-state index contributed by atoms with van der Waals surface area (Å²) in [7, 11) is 0. The Morgan fingerprint density at radius 2 is 1.93 bits per heavy atom. The molecule has 4 N–H and O–H groups in total. The van der Waals surface area contributed by atoms with Crippen LogP contribution in [0.1, 0.15) is 25.8 Å². The molecule has 214 valence electrons. The number of hydrogen-bond acceptors (Lipinski definition) is 8. The fraction of sp³-hybridized carbons (Fsp3) is 0.300. The largest absolute Gasteiger partial charge is 0.437 e. The van der Waals surface area contributed by atoms with Crippen molar-refractivity contribution in [2.75, 3.05) is 24.1 Å². The van der Waals surface area contributed by atoms with Crippen LogP contribution in [-0.2, 0) is 6.18 Å². The van der Waals surface area contributed by atoms with Crippen LogP contribution in [0.15, 0.2) is 73.1 Å². The third-order valence-electron chi connectivity index (χ3n) is 6.80. The van der Waals surface area contributed by atoms with Gasteiger partial charge in [0.15, 0.2) is 5.75 Å². The summed E-state index contributed by atoms with van der Waals surface area (Å²) in [6.07, 6.45) is 0.133. The fourth-order valence-electron chi connectivity index (χ4n) is 4.93. The van der Waals surface area contributed by atoms with Gasteiger partial charge in [0.2, 0.25) is 5.88 Å². The maximum atomic E-state index is 13.7. The molecule has 0 bridgehead atoms. The molecule has 3 heterocycles. The van der Waals surface area contributed by atoms with Crippen molar-refractivity contribution in [1.82, 2.24) is 19.9 Å². The molecule has 2 aromatic heterocycles. The van der Waals surface area contributed by atoms with E-state index in [0.29, 0.717) is 47.2 Å². The van der Waals surface area contributed by atoms with Gasteiger partial charge in [0.25, 0.3) is 0 Å². The van der Waals surface area contributed by atoms with Gasteiger partial charge in [-0.25, -0.2) is 15.0 Å². The van der Waals surface area contributed by atoms with Crippen LogP contribution in [0.3, 0.4) is 0 Å². The van der Waals surface area contributed by atoms with Crippen LogP contribution in [0.5, 0.6) is 11.6 Å². The van der Waals surface area contributed by atoms with Gasteiger partial charge < -0.3 is 20.9 Å². The second-order valence-electron chi connectivity index (χ2n) is 10.4. The van der Waals surface area contributed by atoms with Crippen LogP contribution in [0, 0.1) is 5.92 Å². The smallest absolute Gasteiger partial charge is 0.416 e. The summed E-state index contributed by atoms with van der Waals surface area (Å²) < 4.78 is 47.1. The molecule has 5 rings (SSSR count). The van der Waals surface area contributed by atoms with E-state index in [1.54, 1.807) is 18.2 Å². The average molecular weight is 565 g/mol. The SMILES string of the molecule is CC(C)CN1CC=CCC1C(O)Nc1cc(C(F)(F)F)ccc1-c1cc(Oc2cccc3ccc(N)nc23)ncn1. The van der Waals surface area contributed by atoms with Gasteiger partial charge in [-0.3, -0.25) is 4.90 Å². The number of aromatic nitrogens is 3. The molecule has 2 aromatic carbocycles. The lowest BCUT2D eigenvalue weighted by molar-refractivity contribution is -0.137. The van der Waals surface area contributed by atoms with Gasteiger partial charge in [0.05, 0.1) is 17.3 Å². The number of aliphatic hydroxyl groups is 1. The number of pyridine rings is 1. The predicted molar refractivity (Wildman–Crippen MR) is 152 cm³/mol. The zero-order valence-electron chi connectivity index (χ0n) is 22.6. The van der Waals surface area contributed by atoms with Crippen molar-refractivity contribution < 1.29 is 23.0 Å². The number of para-hydroxylation sites is 1. The lowest BCUT2D eigenvalue weighted by Crippen LogP contribution is -2.49. The molecule has 0 radical (unpaired) electrons. The fourth-order valence-corrected chi connectivity index (χ4v) is 4.93. The minimum Gasteiger partial charge on any atom is -0.437 e. The molecule has 2 atom stereocenters. The van der Waals surface area contributed by atoms with E-state index in [-0.39, 0.29) is 17.6 Å². The number of ether oxygens (including phenoxy) is 1. The molecule has 11 heteroatoms. The van der Waals surface area contributed by atoms with Crippen LogP contribution in [-0.4, -0.2) is 50.3 Å². The van der Waals surface area contributed by atoms with Crippen LogP contribution in [0.25, 0.3) is 22.2 Å². The van der Waals surface area contributed by atoms with Crippen molar-refractivity contribution in [3.63, 3.8) is 0 Å². The highest BCUT2D eigenvalue weighted by Crippen LogP contribution is 2.37. The first kappa shape index (κ1) is 28.3. The summed E-state index contributed by atoms with van der Waals surface area (Å²) in [6, 6.07) is 13.4. The van der Waals surface area contributed by atoms with Crippen molar-refractivity contribution in [2.24, 2.45) is 5.92 Å². The Labute approximate surface area is 235 Å². The Kier molecular flexibility index (Phi) is 8.09. The van der Waals surface area contributed by atoms with E-state index in [9.17, 15) is 18.3 Å². The lowest BCUT2D eigenvalue weighted by atomic mass is 10.0. The lowest BCUT2D eigenvalue weighted by Gasteiger charge is -2.37. The molecule has 1 aliphatic rings. The van der Waals surface area contributed by atoms with E-state index in [1.165, 1.54) is 18.5 Å². The van der Waals surface area contributed by atoms with Gasteiger partial charge in [-0.05, 0) is 42.7 Å². The summed E-state index contributed by atoms with van der Waals surface area (Å²) in [5.41, 5.74) is 6.32. The van der Waals surface area contributed by atoms with Crippen LogP contribution >= 0.6 is 0 Å². The van der Waals surface area contributed by atoms with Crippen molar-refractivity contribution in [1.29, 1.82) is 0 Å². The zero-order valence-corrected chi connectivity index (χ0v) is 22.6. The van der Waals surface area contributed by atoms with Gasteiger partial charge in [0, 0.05) is 35.8 Å². The van der Waals surface area contributed by atoms with Gasteiger partial charge in [-0.2, -0.15) is 13.2 Å². The minimum absolute atomic E-state index is 0.0932. The predicted octanol–water partition coefficient (Wildman–Crippen LogP) is 6.10. The summed E-state index contributed by atoms with van der Waals surface area (Å²) in [5, 5.41) is 15.0. The van der Waals surface area contributed by atoms with Gasteiger partial charge in [-0.1, -0.05) is 44.2 Å². The van der Waals surface area contributed by atoms with E-state index in [4.69, 9.17) is 10.5 Å². The molecule has 41 heavy (non-hydrogen) atoms. The Morgan fingerprint density at radius 3 is 2.71 bits per heavy atom. The van der Waals surface area contributed by atoms with Crippen molar-refractivity contribution in [3.05, 3.63) is 78.6 Å². The standard InChI is InChI=1S/C30H31F3N6O2/c1-18(2)16-39-13-4-3-7-24(39)29(40)37-23-14-20(30(31,32)33)10-11-21(23)22-15-27(36-17-35-22)41-25-8-5-6-19-9-12-26(34)38-28(19)25/h3-6,8-12,14-15,17-18,24,29,37,40H,7,13,16H2,1-2H3,(H2,34,38). The Hall–Kier alpha value is -4.22. The van der Waals surface area contributed by atoms with E-state index in [1.807, 2.05) is 24.3 Å². The summed E-state index contributed by atoms with van der Waals surface area (Å²) in [4.78, 5) is 15.0.